The first-order valence-electron chi connectivity index (χ1n) is 5.77. The Balaban J connectivity index is 2.28. The molecule has 1 aromatic heterocycles. The summed E-state index contributed by atoms with van der Waals surface area (Å²) >= 11 is 3.33. The number of amides is 1. The third-order valence-electron chi connectivity index (χ3n) is 2.73. The van der Waals surface area contributed by atoms with Crippen molar-refractivity contribution in [2.24, 2.45) is 0 Å². The molecule has 5 heteroatoms. The lowest BCUT2D eigenvalue weighted by Gasteiger charge is -2.09. The minimum absolute atomic E-state index is 0.251. The molecule has 1 heterocycles. The Labute approximate surface area is 120 Å². The number of hydrogen-bond acceptors (Lipinski definition) is 3. The average molecular weight is 320 g/mol. The van der Waals surface area contributed by atoms with Crippen molar-refractivity contribution in [1.82, 2.24) is 4.98 Å². The fraction of sp³-hybridized carbons (Fsp3) is 0.143. The number of benzene rings is 1. The topological polar surface area (TPSA) is 68.0 Å². The number of carbonyl (C=O) groups excluding carboxylic acids is 1. The van der Waals surface area contributed by atoms with Crippen LogP contribution in [0.25, 0.3) is 0 Å². The van der Waals surface area contributed by atoms with E-state index in [9.17, 15) is 4.79 Å². The van der Waals surface area contributed by atoms with Crippen LogP contribution < -0.4 is 11.1 Å². The van der Waals surface area contributed by atoms with Crippen LogP contribution in [0.3, 0.4) is 0 Å². The number of halogens is 1. The van der Waals surface area contributed by atoms with Gasteiger partial charge in [0.25, 0.3) is 5.91 Å². The monoisotopic (exact) mass is 319 g/mol. The van der Waals surface area contributed by atoms with Crippen molar-refractivity contribution in [2.45, 2.75) is 13.8 Å². The first-order valence-corrected chi connectivity index (χ1v) is 6.56. The van der Waals surface area contributed by atoms with Crippen molar-refractivity contribution in [3.63, 3.8) is 0 Å². The van der Waals surface area contributed by atoms with Crippen molar-refractivity contribution < 1.29 is 4.79 Å². The fourth-order valence-electron chi connectivity index (χ4n) is 1.71. The zero-order valence-corrected chi connectivity index (χ0v) is 12.3. The molecule has 0 unspecified atom stereocenters. The molecule has 1 aromatic carbocycles. The highest BCUT2D eigenvalue weighted by atomic mass is 79.9. The summed E-state index contributed by atoms with van der Waals surface area (Å²) < 4.78 is 0.873. The minimum Gasteiger partial charge on any atom is -0.398 e. The molecule has 0 aliphatic rings. The molecule has 0 fully saturated rings. The molecular formula is C14H14BrN3O. The molecule has 1 amide bonds. The number of nitrogens with one attached hydrogen (secondary N) is 1. The highest BCUT2D eigenvalue weighted by Gasteiger charge is 2.12. The Hall–Kier alpha value is -1.88. The normalized spacial score (nSPS) is 10.3. The van der Waals surface area contributed by atoms with E-state index in [2.05, 4.69) is 26.2 Å². The molecule has 2 aromatic rings. The van der Waals surface area contributed by atoms with Gasteiger partial charge in [-0.1, -0.05) is 11.6 Å². The van der Waals surface area contributed by atoms with Gasteiger partial charge in [-0.25, -0.2) is 4.98 Å². The van der Waals surface area contributed by atoms with E-state index in [0.717, 1.165) is 15.6 Å². The van der Waals surface area contributed by atoms with Crippen molar-refractivity contribution in [1.29, 1.82) is 0 Å². The molecule has 4 nitrogen and oxygen atoms in total. The average Bonchev–Trinajstić information content (AvgIpc) is 2.35. The number of carbonyl (C=O) groups is 1. The number of nitrogens with two attached hydrogens (primary N) is 1. The van der Waals surface area contributed by atoms with Crippen LogP contribution in [0.15, 0.2) is 34.9 Å². The molecule has 0 radical (unpaired) electrons. The molecular weight excluding hydrogens is 306 g/mol. The van der Waals surface area contributed by atoms with E-state index in [1.807, 2.05) is 26.0 Å². The molecule has 3 N–H and O–H groups in total. The van der Waals surface area contributed by atoms with Crippen molar-refractivity contribution >= 4 is 33.3 Å². The van der Waals surface area contributed by atoms with E-state index >= 15 is 0 Å². The fourth-order valence-corrected chi connectivity index (χ4v) is 2.16. The largest absolute Gasteiger partial charge is 0.398 e. The van der Waals surface area contributed by atoms with Crippen LogP contribution >= 0.6 is 15.9 Å². The molecule has 98 valence electrons. The molecule has 2 rings (SSSR count). The highest BCUT2D eigenvalue weighted by molar-refractivity contribution is 9.10. The Morgan fingerprint density at radius 2 is 2.05 bits per heavy atom. The highest BCUT2D eigenvalue weighted by Crippen LogP contribution is 2.19. The van der Waals surface area contributed by atoms with E-state index in [-0.39, 0.29) is 5.91 Å². The van der Waals surface area contributed by atoms with E-state index in [1.54, 1.807) is 18.3 Å². The van der Waals surface area contributed by atoms with Crippen molar-refractivity contribution in [2.75, 3.05) is 11.1 Å². The maximum atomic E-state index is 12.2. The Bertz CT molecular complexity index is 641. The molecule has 19 heavy (non-hydrogen) atoms. The Morgan fingerprint density at radius 1 is 1.32 bits per heavy atom. The van der Waals surface area contributed by atoms with Gasteiger partial charge in [0.1, 0.15) is 5.82 Å². The van der Waals surface area contributed by atoms with Gasteiger partial charge < -0.3 is 11.1 Å². The summed E-state index contributed by atoms with van der Waals surface area (Å²) in [4.78, 5) is 16.4. The number of nitrogen functional groups attached to an aromatic ring is 1. The maximum Gasteiger partial charge on any atom is 0.258 e. The number of aryl methyl sites for hydroxylation is 2. The summed E-state index contributed by atoms with van der Waals surface area (Å²) in [7, 11) is 0. The third kappa shape index (κ3) is 3.12. The van der Waals surface area contributed by atoms with Crippen LogP contribution in [0.1, 0.15) is 21.5 Å². The van der Waals surface area contributed by atoms with E-state index in [4.69, 9.17) is 5.73 Å². The summed E-state index contributed by atoms with van der Waals surface area (Å²) in [6.45, 7) is 3.80. The van der Waals surface area contributed by atoms with Gasteiger partial charge in [-0.15, -0.1) is 0 Å². The lowest BCUT2D eigenvalue weighted by molar-refractivity contribution is 0.102. The summed E-state index contributed by atoms with van der Waals surface area (Å²) in [6.07, 6.45) is 1.64. The third-order valence-corrected chi connectivity index (χ3v) is 3.16. The second-order valence-electron chi connectivity index (χ2n) is 4.36. The minimum atomic E-state index is -0.251. The number of rotatable bonds is 2. The number of nitrogens with zero attached hydrogens (tertiary/aromatic N) is 1. The van der Waals surface area contributed by atoms with Crippen molar-refractivity contribution in [3.8, 4) is 0 Å². The zero-order valence-electron chi connectivity index (χ0n) is 10.7. The molecule has 0 bridgehead atoms. The molecule has 0 aliphatic heterocycles. The molecule has 0 spiro atoms. The number of pyridine rings is 1. The predicted molar refractivity (Wildman–Crippen MR) is 80.2 cm³/mol. The smallest absolute Gasteiger partial charge is 0.258 e. The lowest BCUT2D eigenvalue weighted by atomic mass is 10.1. The Morgan fingerprint density at radius 3 is 2.74 bits per heavy atom. The number of hydrogen-bond donors (Lipinski definition) is 2. The standard InChI is InChI=1S/C14H14BrN3O/c1-8-3-4-12(16)11(5-8)14(19)18-13-9(2)6-10(15)7-17-13/h3-7H,16H2,1-2H3,(H,17,18,19). The molecule has 0 aliphatic carbocycles. The predicted octanol–water partition coefficient (Wildman–Crippen LogP) is 3.30. The van der Waals surface area contributed by atoms with Crippen LogP contribution in [0.5, 0.6) is 0 Å². The van der Waals surface area contributed by atoms with Gasteiger partial charge >= 0.3 is 0 Å². The van der Waals surface area contributed by atoms with Crippen LogP contribution in [0.4, 0.5) is 11.5 Å². The van der Waals surface area contributed by atoms with Gasteiger partial charge in [-0.2, -0.15) is 0 Å². The van der Waals surface area contributed by atoms with Gasteiger partial charge in [-0.05, 0) is 53.5 Å². The molecule has 0 saturated carbocycles. The van der Waals surface area contributed by atoms with Crippen LogP contribution in [-0.2, 0) is 0 Å². The van der Waals surface area contributed by atoms with Crippen LogP contribution in [0.2, 0.25) is 0 Å². The number of aromatic nitrogens is 1. The van der Waals surface area contributed by atoms with Crippen LogP contribution in [-0.4, -0.2) is 10.9 Å². The van der Waals surface area contributed by atoms with Gasteiger partial charge in [0.05, 0.1) is 5.56 Å². The summed E-state index contributed by atoms with van der Waals surface area (Å²) in [5.74, 6) is 0.285. The second kappa shape index (κ2) is 5.40. The zero-order chi connectivity index (χ0) is 14.0. The SMILES string of the molecule is Cc1ccc(N)c(C(=O)Nc2ncc(Br)cc2C)c1. The van der Waals surface area contributed by atoms with Gasteiger partial charge in [0, 0.05) is 16.4 Å². The van der Waals surface area contributed by atoms with Gasteiger partial charge in [0.2, 0.25) is 0 Å². The van der Waals surface area contributed by atoms with Crippen LogP contribution in [0, 0.1) is 13.8 Å². The lowest BCUT2D eigenvalue weighted by Crippen LogP contribution is -2.16. The summed E-state index contributed by atoms with van der Waals surface area (Å²) in [6, 6.07) is 7.25. The van der Waals surface area contributed by atoms with Gasteiger partial charge in [-0.3, -0.25) is 4.79 Å². The van der Waals surface area contributed by atoms with Crippen molar-refractivity contribution in [3.05, 3.63) is 51.6 Å². The first kappa shape index (κ1) is 13.5. The van der Waals surface area contributed by atoms with E-state index in [0.29, 0.717) is 17.1 Å². The van der Waals surface area contributed by atoms with E-state index < -0.39 is 0 Å². The Kier molecular flexibility index (Phi) is 3.85. The maximum absolute atomic E-state index is 12.2. The second-order valence-corrected chi connectivity index (χ2v) is 5.28. The van der Waals surface area contributed by atoms with Gasteiger partial charge in [0.15, 0.2) is 0 Å². The quantitative estimate of drug-likeness (QED) is 0.834. The van der Waals surface area contributed by atoms with E-state index in [1.165, 1.54) is 0 Å². The summed E-state index contributed by atoms with van der Waals surface area (Å²) in [5.41, 5.74) is 8.61. The molecule has 0 saturated heterocycles. The first-order chi connectivity index (χ1) is 8.97. The number of anilines is 2. The summed E-state index contributed by atoms with van der Waals surface area (Å²) in [5, 5.41) is 2.77. The molecule has 0 atom stereocenters.